The summed E-state index contributed by atoms with van der Waals surface area (Å²) in [5, 5.41) is 8.88. The molecule has 0 heterocycles. The molecule has 0 aliphatic rings. The van der Waals surface area contributed by atoms with Crippen molar-refractivity contribution in [3.63, 3.8) is 0 Å². The van der Waals surface area contributed by atoms with Crippen LogP contribution in [0.5, 0.6) is 11.5 Å². The Labute approximate surface area is 82.5 Å². The van der Waals surface area contributed by atoms with Crippen LogP contribution in [0.2, 0.25) is 0 Å². The first-order valence-corrected chi connectivity index (χ1v) is 4.82. The maximum Gasteiger partial charge on any atom is 0.204 e. The van der Waals surface area contributed by atoms with E-state index >= 15 is 0 Å². The third-order valence-corrected chi connectivity index (χ3v) is 1.52. The van der Waals surface area contributed by atoms with E-state index in [1.54, 1.807) is 18.2 Å². The molecule has 0 aromatic heterocycles. The lowest BCUT2D eigenvalue weighted by Gasteiger charge is -1.98. The van der Waals surface area contributed by atoms with Crippen LogP contribution < -0.4 is 4.43 Å². The molecular formula is C9H17NO2Si. The molecule has 1 rings (SSSR count). The third kappa shape index (κ3) is 7.36. The largest absolute Gasteiger partial charge is 0.553 e. The molecule has 0 saturated heterocycles. The van der Waals surface area contributed by atoms with Crippen molar-refractivity contribution >= 4 is 10.5 Å². The van der Waals surface area contributed by atoms with E-state index in [0.29, 0.717) is 10.5 Å². The minimum absolute atomic E-state index is 0.253. The fraction of sp³-hybridized carbons (Fsp3) is 0.333. The Kier molecular flexibility index (Phi) is 6.00. The zero-order valence-corrected chi connectivity index (χ0v) is 10.6. The summed E-state index contributed by atoms with van der Waals surface area (Å²) in [7, 11) is 6.66. The van der Waals surface area contributed by atoms with E-state index in [4.69, 9.17) is 9.53 Å². The second kappa shape index (κ2) is 6.51. The van der Waals surface area contributed by atoms with Crippen molar-refractivity contribution in [1.82, 2.24) is 4.90 Å². The normalized spacial score (nSPS) is 9.23. The van der Waals surface area contributed by atoms with Crippen LogP contribution in [0.25, 0.3) is 0 Å². The number of nitrogens with zero attached hydrogens (tertiary/aromatic N) is 1. The fourth-order valence-electron chi connectivity index (χ4n) is 0.610. The van der Waals surface area contributed by atoms with E-state index in [-0.39, 0.29) is 5.75 Å². The molecule has 1 aromatic carbocycles. The van der Waals surface area contributed by atoms with E-state index in [1.807, 2.05) is 32.1 Å². The Balaban J connectivity index is 0.000000310. The van der Waals surface area contributed by atoms with Gasteiger partial charge >= 0.3 is 0 Å². The van der Waals surface area contributed by atoms with E-state index in [2.05, 4.69) is 0 Å². The van der Waals surface area contributed by atoms with Crippen molar-refractivity contribution in [2.75, 3.05) is 21.1 Å². The molecular weight excluding hydrogens is 182 g/mol. The number of hydrogen-bond acceptors (Lipinski definition) is 3. The molecule has 0 aliphatic carbocycles. The summed E-state index contributed by atoms with van der Waals surface area (Å²) in [6, 6.07) is 6.77. The second-order valence-corrected chi connectivity index (χ2v) is 3.45. The summed E-state index contributed by atoms with van der Waals surface area (Å²) in [5.41, 5.74) is 0. The number of benzene rings is 1. The summed E-state index contributed by atoms with van der Waals surface area (Å²) < 4.78 is 4.97. The van der Waals surface area contributed by atoms with Gasteiger partial charge in [-0.2, -0.15) is 0 Å². The van der Waals surface area contributed by atoms with Crippen molar-refractivity contribution in [3.8, 4) is 11.5 Å². The van der Waals surface area contributed by atoms with Crippen molar-refractivity contribution in [1.29, 1.82) is 0 Å². The number of hydrogen-bond donors (Lipinski definition) is 1. The summed E-state index contributed by atoms with van der Waals surface area (Å²) in [6.45, 7) is 0. The maximum atomic E-state index is 8.88. The quantitative estimate of drug-likeness (QED) is 0.657. The van der Waals surface area contributed by atoms with Crippen molar-refractivity contribution in [2.24, 2.45) is 0 Å². The number of phenolic OH excluding ortho intramolecular Hbond substituents is 1. The molecule has 13 heavy (non-hydrogen) atoms. The Hall–Kier alpha value is -1.00. The predicted octanol–water partition coefficient (Wildman–Crippen LogP) is 0.229. The highest BCUT2D eigenvalue weighted by Gasteiger charge is 1.88. The van der Waals surface area contributed by atoms with E-state index in [1.165, 1.54) is 0 Å². The van der Waals surface area contributed by atoms with Gasteiger partial charge in [0.25, 0.3) is 0 Å². The summed E-state index contributed by atoms with van der Waals surface area (Å²) in [6.07, 6.45) is 0. The molecule has 0 fully saturated rings. The summed E-state index contributed by atoms with van der Waals surface area (Å²) in [5.74, 6) is 0.991. The second-order valence-electron chi connectivity index (χ2n) is 3.04. The minimum atomic E-state index is 0.253. The average molecular weight is 199 g/mol. The van der Waals surface area contributed by atoms with Gasteiger partial charge in [0.1, 0.15) is 11.5 Å². The van der Waals surface area contributed by atoms with Gasteiger partial charge in [0.05, 0.1) is 0 Å². The molecule has 3 nitrogen and oxygen atoms in total. The Bertz CT molecular complexity index is 238. The van der Waals surface area contributed by atoms with Crippen molar-refractivity contribution in [3.05, 3.63) is 24.3 Å². The molecule has 0 aliphatic heterocycles. The fourth-order valence-corrected chi connectivity index (χ4v) is 0.864. The Morgan fingerprint density at radius 2 is 1.85 bits per heavy atom. The van der Waals surface area contributed by atoms with Gasteiger partial charge in [0.2, 0.25) is 10.5 Å². The highest BCUT2D eigenvalue weighted by atomic mass is 28.2. The summed E-state index contributed by atoms with van der Waals surface area (Å²) >= 11 is 0. The maximum absolute atomic E-state index is 8.88. The molecule has 74 valence electrons. The minimum Gasteiger partial charge on any atom is -0.553 e. The molecule has 0 atom stereocenters. The lowest BCUT2D eigenvalue weighted by atomic mass is 10.3. The average Bonchev–Trinajstić information content (AvgIpc) is 2.03. The van der Waals surface area contributed by atoms with Gasteiger partial charge in [-0.3, -0.25) is 0 Å². The van der Waals surface area contributed by atoms with Gasteiger partial charge in [-0.05, 0) is 33.3 Å². The SMILES string of the molecule is CN(C)C.Oc1cccc(O[SiH3])c1. The van der Waals surface area contributed by atoms with Crippen LogP contribution in [0.15, 0.2) is 24.3 Å². The van der Waals surface area contributed by atoms with Crippen molar-refractivity contribution < 1.29 is 9.53 Å². The molecule has 0 unspecified atom stereocenters. The molecule has 0 bridgehead atoms. The molecule has 4 heteroatoms. The molecule has 0 saturated carbocycles. The first-order valence-electron chi connectivity index (χ1n) is 4.00. The highest BCUT2D eigenvalue weighted by Crippen LogP contribution is 2.16. The smallest absolute Gasteiger partial charge is 0.204 e. The van der Waals surface area contributed by atoms with Gasteiger partial charge in [-0.25, -0.2) is 0 Å². The highest BCUT2D eigenvalue weighted by molar-refractivity contribution is 5.99. The van der Waals surface area contributed by atoms with Crippen LogP contribution in [0.1, 0.15) is 0 Å². The van der Waals surface area contributed by atoms with E-state index < -0.39 is 0 Å². The van der Waals surface area contributed by atoms with Gasteiger partial charge in [-0.1, -0.05) is 6.07 Å². The molecule has 0 amide bonds. The molecule has 1 N–H and O–H groups in total. The van der Waals surface area contributed by atoms with Crippen LogP contribution in [0, 0.1) is 0 Å². The zero-order chi connectivity index (χ0) is 10.3. The predicted molar refractivity (Wildman–Crippen MR) is 58.3 cm³/mol. The van der Waals surface area contributed by atoms with Crippen molar-refractivity contribution in [2.45, 2.75) is 0 Å². The van der Waals surface area contributed by atoms with Gasteiger partial charge in [-0.15, -0.1) is 0 Å². The monoisotopic (exact) mass is 199 g/mol. The number of phenols is 1. The third-order valence-electron chi connectivity index (χ3n) is 1.05. The zero-order valence-electron chi connectivity index (χ0n) is 8.61. The lowest BCUT2D eigenvalue weighted by Crippen LogP contribution is -1.99. The first kappa shape index (κ1) is 12.0. The van der Waals surface area contributed by atoms with Crippen LogP contribution in [0.4, 0.5) is 0 Å². The number of rotatable bonds is 1. The first-order chi connectivity index (χ1) is 6.06. The topological polar surface area (TPSA) is 32.7 Å². The van der Waals surface area contributed by atoms with E-state index in [0.717, 1.165) is 5.75 Å². The van der Waals surface area contributed by atoms with E-state index in [9.17, 15) is 0 Å². The standard InChI is InChI=1S/C6H8O2Si.C3H9N/c7-5-2-1-3-6(4-5)8-9;1-4(2)3/h1-4,7H,9H3;1-3H3. The molecule has 1 aromatic rings. The van der Waals surface area contributed by atoms with Gasteiger partial charge in [0.15, 0.2) is 0 Å². The number of aromatic hydroxyl groups is 1. The van der Waals surface area contributed by atoms with Crippen LogP contribution in [-0.4, -0.2) is 41.6 Å². The van der Waals surface area contributed by atoms with Crippen LogP contribution in [-0.2, 0) is 0 Å². The van der Waals surface area contributed by atoms with Crippen LogP contribution >= 0.6 is 0 Å². The molecule has 0 spiro atoms. The Morgan fingerprint density at radius 3 is 2.15 bits per heavy atom. The van der Waals surface area contributed by atoms with Gasteiger partial charge in [0, 0.05) is 6.07 Å². The Morgan fingerprint density at radius 1 is 1.31 bits per heavy atom. The lowest BCUT2D eigenvalue weighted by molar-refractivity contribution is 0.471. The summed E-state index contributed by atoms with van der Waals surface area (Å²) in [4.78, 5) is 2.00. The molecule has 0 radical (unpaired) electrons. The van der Waals surface area contributed by atoms with Gasteiger partial charge < -0.3 is 14.4 Å². The van der Waals surface area contributed by atoms with Crippen LogP contribution in [0.3, 0.4) is 0 Å².